The van der Waals surface area contributed by atoms with E-state index in [0.717, 1.165) is 4.88 Å². The summed E-state index contributed by atoms with van der Waals surface area (Å²) in [4.78, 5) is 31.4. The number of H-pyrrole nitrogens is 1. The fourth-order valence-electron chi connectivity index (χ4n) is 1.78. The Balaban J connectivity index is 2.01. The van der Waals surface area contributed by atoms with Crippen LogP contribution in [-0.4, -0.2) is 15.9 Å². The van der Waals surface area contributed by atoms with Crippen LogP contribution in [0, 0.1) is 13.8 Å². The van der Waals surface area contributed by atoms with Crippen molar-refractivity contribution in [3.8, 4) is 0 Å². The second-order valence-electron chi connectivity index (χ2n) is 4.25. The van der Waals surface area contributed by atoms with Gasteiger partial charge in [0.15, 0.2) is 0 Å². The van der Waals surface area contributed by atoms with Gasteiger partial charge in [0.25, 0.3) is 5.56 Å². The van der Waals surface area contributed by atoms with Gasteiger partial charge in [-0.1, -0.05) is 6.07 Å². The lowest BCUT2D eigenvalue weighted by Crippen LogP contribution is -2.28. The van der Waals surface area contributed by atoms with E-state index in [1.54, 1.807) is 25.2 Å². The Bertz CT molecular complexity index is 632. The molecule has 6 heteroatoms. The molecule has 0 aliphatic rings. The normalized spacial score (nSPS) is 10.4. The third-order valence-electron chi connectivity index (χ3n) is 2.72. The molecule has 5 nitrogen and oxygen atoms in total. The Morgan fingerprint density at radius 1 is 1.47 bits per heavy atom. The zero-order valence-corrected chi connectivity index (χ0v) is 11.6. The Morgan fingerprint density at radius 3 is 2.89 bits per heavy atom. The SMILES string of the molecule is Cc1nc(C)c(CC(=O)NCc2cccs2)c(=O)[nH]1. The van der Waals surface area contributed by atoms with Crippen LogP contribution in [0.3, 0.4) is 0 Å². The fraction of sp³-hybridized carbons (Fsp3) is 0.308. The molecular formula is C13H15N3O2S. The summed E-state index contributed by atoms with van der Waals surface area (Å²) in [6.07, 6.45) is 0.0554. The van der Waals surface area contributed by atoms with E-state index >= 15 is 0 Å². The summed E-state index contributed by atoms with van der Waals surface area (Å²) in [5.41, 5.74) is 0.790. The minimum absolute atomic E-state index is 0.0554. The molecule has 0 aliphatic heterocycles. The highest BCUT2D eigenvalue weighted by atomic mass is 32.1. The van der Waals surface area contributed by atoms with Crippen molar-refractivity contribution in [2.24, 2.45) is 0 Å². The quantitative estimate of drug-likeness (QED) is 0.884. The monoisotopic (exact) mass is 277 g/mol. The van der Waals surface area contributed by atoms with Gasteiger partial charge in [0.2, 0.25) is 5.91 Å². The average Bonchev–Trinajstić information content (AvgIpc) is 2.84. The first kappa shape index (κ1) is 13.5. The molecule has 0 atom stereocenters. The number of rotatable bonds is 4. The van der Waals surface area contributed by atoms with Crippen LogP contribution in [0.4, 0.5) is 0 Å². The Kier molecular flexibility index (Phi) is 4.11. The number of hydrogen-bond acceptors (Lipinski definition) is 4. The van der Waals surface area contributed by atoms with Gasteiger partial charge in [0.1, 0.15) is 5.82 Å². The number of carbonyl (C=O) groups excluding carboxylic acids is 1. The maximum Gasteiger partial charge on any atom is 0.254 e. The van der Waals surface area contributed by atoms with Crippen molar-refractivity contribution in [2.45, 2.75) is 26.8 Å². The number of aryl methyl sites for hydroxylation is 2. The van der Waals surface area contributed by atoms with E-state index in [2.05, 4.69) is 15.3 Å². The number of aromatic amines is 1. The summed E-state index contributed by atoms with van der Waals surface area (Å²) in [5.74, 6) is 0.387. The topological polar surface area (TPSA) is 74.8 Å². The summed E-state index contributed by atoms with van der Waals surface area (Å²) < 4.78 is 0. The number of aromatic nitrogens is 2. The number of thiophene rings is 1. The molecule has 0 fully saturated rings. The number of hydrogen-bond donors (Lipinski definition) is 2. The van der Waals surface area contributed by atoms with Gasteiger partial charge in [-0.05, 0) is 25.3 Å². The van der Waals surface area contributed by atoms with Crippen LogP contribution >= 0.6 is 11.3 Å². The molecule has 2 heterocycles. The van der Waals surface area contributed by atoms with Gasteiger partial charge in [-0.15, -0.1) is 11.3 Å². The van der Waals surface area contributed by atoms with Crippen molar-refractivity contribution in [1.29, 1.82) is 0 Å². The molecule has 19 heavy (non-hydrogen) atoms. The summed E-state index contributed by atoms with van der Waals surface area (Å²) in [6.45, 7) is 3.95. The van der Waals surface area contributed by atoms with Gasteiger partial charge in [0.05, 0.1) is 13.0 Å². The van der Waals surface area contributed by atoms with Crippen LogP contribution in [0.15, 0.2) is 22.3 Å². The van der Waals surface area contributed by atoms with Crippen LogP contribution in [-0.2, 0) is 17.8 Å². The second-order valence-corrected chi connectivity index (χ2v) is 5.28. The lowest BCUT2D eigenvalue weighted by atomic mass is 10.1. The van der Waals surface area contributed by atoms with Crippen molar-refractivity contribution < 1.29 is 4.79 Å². The zero-order chi connectivity index (χ0) is 13.8. The standard InChI is InChI=1S/C13H15N3O2S/c1-8-11(13(18)16-9(2)15-8)6-12(17)14-7-10-4-3-5-19-10/h3-5H,6-7H2,1-2H3,(H,14,17)(H,15,16,18). The van der Waals surface area contributed by atoms with Crippen molar-refractivity contribution in [3.63, 3.8) is 0 Å². The molecule has 2 N–H and O–H groups in total. The third kappa shape index (κ3) is 3.51. The summed E-state index contributed by atoms with van der Waals surface area (Å²) in [7, 11) is 0. The molecule has 100 valence electrons. The van der Waals surface area contributed by atoms with Crippen molar-refractivity contribution in [3.05, 3.63) is 49.8 Å². The molecule has 0 bridgehead atoms. The van der Waals surface area contributed by atoms with E-state index in [4.69, 9.17) is 0 Å². The minimum atomic E-state index is -0.240. The molecule has 0 aromatic carbocycles. The Labute approximate surface area is 114 Å². The van der Waals surface area contributed by atoms with Gasteiger partial charge in [-0.25, -0.2) is 4.98 Å². The van der Waals surface area contributed by atoms with E-state index in [1.807, 2.05) is 17.5 Å². The smallest absolute Gasteiger partial charge is 0.254 e. The van der Waals surface area contributed by atoms with Crippen molar-refractivity contribution in [2.75, 3.05) is 0 Å². The lowest BCUT2D eigenvalue weighted by molar-refractivity contribution is -0.120. The molecule has 0 radical (unpaired) electrons. The first-order valence-corrected chi connectivity index (χ1v) is 6.79. The highest BCUT2D eigenvalue weighted by Gasteiger charge is 2.11. The number of amides is 1. The van der Waals surface area contributed by atoms with E-state index in [9.17, 15) is 9.59 Å². The molecule has 0 saturated carbocycles. The van der Waals surface area contributed by atoms with E-state index in [-0.39, 0.29) is 17.9 Å². The molecule has 0 unspecified atom stereocenters. The van der Waals surface area contributed by atoms with Crippen LogP contribution in [0.25, 0.3) is 0 Å². The zero-order valence-electron chi connectivity index (χ0n) is 10.8. The maximum atomic E-state index is 11.8. The van der Waals surface area contributed by atoms with E-state index in [1.165, 1.54) is 0 Å². The first-order chi connectivity index (χ1) is 9.06. The third-order valence-corrected chi connectivity index (χ3v) is 3.59. The number of nitrogens with one attached hydrogen (secondary N) is 2. The predicted molar refractivity (Wildman–Crippen MR) is 74.2 cm³/mol. The fourth-order valence-corrected chi connectivity index (χ4v) is 2.43. The average molecular weight is 277 g/mol. The van der Waals surface area contributed by atoms with Crippen LogP contribution in [0.2, 0.25) is 0 Å². The van der Waals surface area contributed by atoms with Crippen LogP contribution in [0.5, 0.6) is 0 Å². The summed E-state index contributed by atoms with van der Waals surface area (Å²) in [5, 5.41) is 4.75. The molecule has 2 aromatic heterocycles. The van der Waals surface area contributed by atoms with Crippen LogP contribution < -0.4 is 10.9 Å². The molecule has 0 spiro atoms. The maximum absolute atomic E-state index is 11.8. The Hall–Kier alpha value is -1.95. The highest BCUT2D eigenvalue weighted by Crippen LogP contribution is 2.07. The van der Waals surface area contributed by atoms with Crippen molar-refractivity contribution >= 4 is 17.2 Å². The highest BCUT2D eigenvalue weighted by molar-refractivity contribution is 7.09. The van der Waals surface area contributed by atoms with Gasteiger partial charge < -0.3 is 10.3 Å². The minimum Gasteiger partial charge on any atom is -0.351 e. The Morgan fingerprint density at radius 2 is 2.26 bits per heavy atom. The predicted octanol–water partition coefficient (Wildman–Crippen LogP) is 1.31. The number of nitrogens with zero attached hydrogens (tertiary/aromatic N) is 1. The van der Waals surface area contributed by atoms with Gasteiger partial charge in [-0.3, -0.25) is 9.59 Å². The van der Waals surface area contributed by atoms with Gasteiger partial charge in [0, 0.05) is 16.1 Å². The number of carbonyl (C=O) groups is 1. The molecule has 2 aromatic rings. The first-order valence-electron chi connectivity index (χ1n) is 5.91. The molecule has 0 aliphatic carbocycles. The summed E-state index contributed by atoms with van der Waals surface area (Å²) >= 11 is 1.58. The van der Waals surface area contributed by atoms with Gasteiger partial charge >= 0.3 is 0 Å². The molecule has 1 amide bonds. The van der Waals surface area contributed by atoms with Crippen LogP contribution in [0.1, 0.15) is 22.0 Å². The van der Waals surface area contributed by atoms with E-state index < -0.39 is 0 Å². The summed E-state index contributed by atoms with van der Waals surface area (Å²) in [6, 6.07) is 3.89. The molecule has 0 saturated heterocycles. The lowest BCUT2D eigenvalue weighted by Gasteiger charge is -2.06. The molecular weight excluding hydrogens is 262 g/mol. The van der Waals surface area contributed by atoms with Crippen molar-refractivity contribution in [1.82, 2.24) is 15.3 Å². The molecule has 2 rings (SSSR count). The second kappa shape index (κ2) is 5.79. The largest absolute Gasteiger partial charge is 0.351 e. The van der Waals surface area contributed by atoms with E-state index in [0.29, 0.717) is 23.6 Å². The van der Waals surface area contributed by atoms with Gasteiger partial charge in [-0.2, -0.15) is 0 Å².